The highest BCUT2D eigenvalue weighted by Gasteiger charge is 2.22. The molecule has 0 fully saturated rings. The monoisotopic (exact) mass is 180 g/mol. The summed E-state index contributed by atoms with van der Waals surface area (Å²) in [5.41, 5.74) is -0.0157. The molecule has 0 rings (SSSR count). The molecule has 0 aliphatic heterocycles. The summed E-state index contributed by atoms with van der Waals surface area (Å²) in [6.07, 6.45) is 9.76. The van der Waals surface area contributed by atoms with Crippen molar-refractivity contribution in [2.75, 3.05) is 0 Å². The Labute approximate surface area is 81.9 Å². The third-order valence-electron chi connectivity index (χ3n) is 2.06. The summed E-state index contributed by atoms with van der Waals surface area (Å²) in [6, 6.07) is 0. The molecular formula is C12H20O. The van der Waals surface area contributed by atoms with Crippen LogP contribution in [0.3, 0.4) is 0 Å². The molecule has 1 N–H and O–H groups in total. The Morgan fingerprint density at radius 2 is 2.15 bits per heavy atom. The average molecular weight is 180 g/mol. The molecule has 1 heteroatoms. The molecule has 0 aliphatic carbocycles. The van der Waals surface area contributed by atoms with Crippen LogP contribution in [0.2, 0.25) is 0 Å². The Kier molecular flexibility index (Phi) is 5.50. The highest BCUT2D eigenvalue weighted by molar-refractivity contribution is 5.13. The van der Waals surface area contributed by atoms with Gasteiger partial charge in [0.25, 0.3) is 0 Å². The first-order valence-electron chi connectivity index (χ1n) is 4.88. The molecule has 0 bridgehead atoms. The topological polar surface area (TPSA) is 20.2 Å². The van der Waals surface area contributed by atoms with Crippen molar-refractivity contribution >= 4 is 0 Å². The SMILES string of the molecule is C#CC(O)(CCCCC)CC(=C)C. The largest absolute Gasteiger partial charge is 0.377 e. The summed E-state index contributed by atoms with van der Waals surface area (Å²) in [7, 11) is 0. The smallest absolute Gasteiger partial charge is 0.128 e. The van der Waals surface area contributed by atoms with Crippen LogP contribution in [0.25, 0.3) is 0 Å². The fourth-order valence-corrected chi connectivity index (χ4v) is 1.38. The van der Waals surface area contributed by atoms with Crippen LogP contribution in [0.4, 0.5) is 0 Å². The number of aliphatic hydroxyl groups is 1. The van der Waals surface area contributed by atoms with Crippen LogP contribution in [0.5, 0.6) is 0 Å². The first-order valence-corrected chi connectivity index (χ1v) is 4.88. The molecule has 1 atom stereocenters. The van der Waals surface area contributed by atoms with Crippen LogP contribution >= 0.6 is 0 Å². The Hall–Kier alpha value is -0.740. The highest BCUT2D eigenvalue weighted by atomic mass is 16.3. The van der Waals surface area contributed by atoms with E-state index in [0.29, 0.717) is 12.8 Å². The minimum atomic E-state index is -0.957. The van der Waals surface area contributed by atoms with Crippen LogP contribution in [0, 0.1) is 12.3 Å². The third-order valence-corrected chi connectivity index (χ3v) is 2.06. The van der Waals surface area contributed by atoms with Crippen LogP contribution < -0.4 is 0 Å². The maximum absolute atomic E-state index is 9.92. The van der Waals surface area contributed by atoms with E-state index in [1.165, 1.54) is 0 Å². The van der Waals surface area contributed by atoms with E-state index in [-0.39, 0.29) is 0 Å². The normalized spacial score (nSPS) is 14.6. The van der Waals surface area contributed by atoms with Crippen LogP contribution in [-0.4, -0.2) is 10.7 Å². The summed E-state index contributed by atoms with van der Waals surface area (Å²) in [5, 5.41) is 9.92. The predicted molar refractivity (Wildman–Crippen MR) is 57.4 cm³/mol. The molecule has 74 valence electrons. The van der Waals surface area contributed by atoms with Crippen molar-refractivity contribution in [3.05, 3.63) is 12.2 Å². The fourth-order valence-electron chi connectivity index (χ4n) is 1.38. The van der Waals surface area contributed by atoms with Gasteiger partial charge in [-0.1, -0.05) is 37.8 Å². The third kappa shape index (κ3) is 5.49. The van der Waals surface area contributed by atoms with Gasteiger partial charge >= 0.3 is 0 Å². The van der Waals surface area contributed by atoms with Gasteiger partial charge in [0.05, 0.1) is 0 Å². The second-order valence-electron chi connectivity index (χ2n) is 3.77. The summed E-state index contributed by atoms with van der Waals surface area (Å²) < 4.78 is 0. The van der Waals surface area contributed by atoms with Crippen LogP contribution in [0.15, 0.2) is 12.2 Å². The summed E-state index contributed by atoms with van der Waals surface area (Å²) in [6.45, 7) is 7.78. The lowest BCUT2D eigenvalue weighted by molar-refractivity contribution is 0.0893. The molecule has 0 aromatic rings. The van der Waals surface area contributed by atoms with Crippen LogP contribution in [0.1, 0.15) is 46.0 Å². The van der Waals surface area contributed by atoms with E-state index in [2.05, 4.69) is 19.4 Å². The molecule has 13 heavy (non-hydrogen) atoms. The van der Waals surface area contributed by atoms with Gasteiger partial charge in [0.2, 0.25) is 0 Å². The van der Waals surface area contributed by atoms with E-state index in [4.69, 9.17) is 6.42 Å². The second kappa shape index (κ2) is 5.83. The van der Waals surface area contributed by atoms with E-state index in [9.17, 15) is 5.11 Å². The molecule has 1 nitrogen and oxygen atoms in total. The zero-order valence-corrected chi connectivity index (χ0v) is 8.77. The van der Waals surface area contributed by atoms with Gasteiger partial charge in [-0.2, -0.15) is 0 Å². The lowest BCUT2D eigenvalue weighted by Crippen LogP contribution is -2.26. The maximum atomic E-state index is 9.92. The Balaban J connectivity index is 3.98. The van der Waals surface area contributed by atoms with Gasteiger partial charge in [-0.25, -0.2) is 0 Å². The molecule has 1 unspecified atom stereocenters. The number of rotatable bonds is 6. The van der Waals surface area contributed by atoms with E-state index in [1.807, 2.05) is 6.92 Å². The molecule has 0 saturated heterocycles. The molecule has 0 aliphatic rings. The molecule has 0 spiro atoms. The molecule has 0 saturated carbocycles. The van der Waals surface area contributed by atoms with Gasteiger partial charge in [0, 0.05) is 6.42 Å². The lowest BCUT2D eigenvalue weighted by atomic mass is 9.91. The van der Waals surface area contributed by atoms with E-state index in [1.54, 1.807) is 0 Å². The molecule has 0 amide bonds. The maximum Gasteiger partial charge on any atom is 0.128 e. The van der Waals surface area contributed by atoms with Crippen molar-refractivity contribution in [2.45, 2.75) is 51.6 Å². The quantitative estimate of drug-likeness (QED) is 0.378. The van der Waals surface area contributed by atoms with Crippen molar-refractivity contribution in [3.63, 3.8) is 0 Å². The molecule has 0 radical (unpaired) electrons. The fraction of sp³-hybridized carbons (Fsp3) is 0.667. The van der Waals surface area contributed by atoms with Crippen molar-refractivity contribution < 1.29 is 5.11 Å². The number of terminal acetylenes is 1. The first-order chi connectivity index (χ1) is 6.04. The molecular weight excluding hydrogens is 160 g/mol. The standard InChI is InChI=1S/C12H20O/c1-5-7-8-9-12(13,6-2)10-11(3)4/h2,13H,3,5,7-10H2,1,4H3. The van der Waals surface area contributed by atoms with Crippen molar-refractivity contribution in [1.29, 1.82) is 0 Å². The van der Waals surface area contributed by atoms with Crippen molar-refractivity contribution in [3.8, 4) is 12.3 Å². The van der Waals surface area contributed by atoms with Crippen molar-refractivity contribution in [1.82, 2.24) is 0 Å². The van der Waals surface area contributed by atoms with E-state index >= 15 is 0 Å². The van der Waals surface area contributed by atoms with Gasteiger partial charge in [-0.15, -0.1) is 6.42 Å². The first kappa shape index (κ1) is 12.3. The predicted octanol–water partition coefficient (Wildman–Crippen LogP) is 2.90. The molecule has 0 heterocycles. The molecule has 0 aromatic carbocycles. The van der Waals surface area contributed by atoms with Gasteiger partial charge in [0.15, 0.2) is 0 Å². The van der Waals surface area contributed by atoms with E-state index in [0.717, 1.165) is 24.8 Å². The summed E-state index contributed by atoms with van der Waals surface area (Å²) >= 11 is 0. The lowest BCUT2D eigenvalue weighted by Gasteiger charge is -2.21. The van der Waals surface area contributed by atoms with Gasteiger partial charge in [-0.3, -0.25) is 0 Å². The summed E-state index contributed by atoms with van der Waals surface area (Å²) in [4.78, 5) is 0. The minimum absolute atomic E-state index is 0.521. The zero-order chi connectivity index (χ0) is 10.3. The Morgan fingerprint density at radius 1 is 1.54 bits per heavy atom. The summed E-state index contributed by atoms with van der Waals surface area (Å²) in [5.74, 6) is 2.46. The van der Waals surface area contributed by atoms with Crippen molar-refractivity contribution in [2.24, 2.45) is 0 Å². The van der Waals surface area contributed by atoms with Gasteiger partial charge in [0.1, 0.15) is 5.60 Å². The second-order valence-corrected chi connectivity index (χ2v) is 3.77. The van der Waals surface area contributed by atoms with Crippen LogP contribution in [-0.2, 0) is 0 Å². The highest BCUT2D eigenvalue weighted by Crippen LogP contribution is 2.21. The Bertz CT molecular complexity index is 200. The minimum Gasteiger partial charge on any atom is -0.377 e. The number of hydrogen-bond acceptors (Lipinski definition) is 1. The molecule has 0 aromatic heterocycles. The number of unbranched alkanes of at least 4 members (excludes halogenated alkanes) is 2. The average Bonchev–Trinajstić information content (AvgIpc) is 2.04. The van der Waals surface area contributed by atoms with Gasteiger partial charge < -0.3 is 5.11 Å². The zero-order valence-electron chi connectivity index (χ0n) is 8.77. The van der Waals surface area contributed by atoms with Gasteiger partial charge in [-0.05, 0) is 19.8 Å². The number of hydrogen-bond donors (Lipinski definition) is 1. The van der Waals surface area contributed by atoms with E-state index < -0.39 is 5.60 Å². The Morgan fingerprint density at radius 3 is 2.54 bits per heavy atom.